The molecule has 0 aromatic heterocycles. The molecule has 6 nitrogen and oxygen atoms in total. The van der Waals surface area contributed by atoms with Crippen molar-refractivity contribution in [3.05, 3.63) is 71.8 Å². The van der Waals surface area contributed by atoms with Gasteiger partial charge in [0.1, 0.15) is 0 Å². The van der Waals surface area contributed by atoms with E-state index in [0.717, 1.165) is 10.6 Å². The maximum atomic E-state index is 12.1. The van der Waals surface area contributed by atoms with Gasteiger partial charge in [0.25, 0.3) is 0 Å². The van der Waals surface area contributed by atoms with E-state index in [0.29, 0.717) is 5.56 Å². The second kappa shape index (κ2) is 8.07. The summed E-state index contributed by atoms with van der Waals surface area (Å²) in [6, 6.07) is 15.9. The SMILES string of the molecule is O=C(ON(Cc1ccccc1)[C@H](CO)C(=O)O)c1ccccc1. The fourth-order valence-electron chi connectivity index (χ4n) is 2.00. The standard InChI is InChI=1S/C17H17NO5/c19-12-15(16(20)21)18(11-13-7-3-1-4-8-13)23-17(22)14-9-5-2-6-10-14/h1-10,15,19H,11-12H2,(H,20,21)/t15-/m1/s1. The van der Waals surface area contributed by atoms with E-state index in [1.54, 1.807) is 54.6 Å². The van der Waals surface area contributed by atoms with Crippen molar-refractivity contribution in [2.45, 2.75) is 12.6 Å². The zero-order valence-corrected chi connectivity index (χ0v) is 12.3. The second-order valence-electron chi connectivity index (χ2n) is 4.84. The molecule has 0 amide bonds. The van der Waals surface area contributed by atoms with Crippen molar-refractivity contribution >= 4 is 11.9 Å². The van der Waals surface area contributed by atoms with Gasteiger partial charge in [-0.3, -0.25) is 4.79 Å². The number of nitrogens with zero attached hydrogens (tertiary/aromatic N) is 1. The minimum absolute atomic E-state index is 0.0525. The third-order valence-electron chi connectivity index (χ3n) is 3.20. The van der Waals surface area contributed by atoms with Gasteiger partial charge in [0.15, 0.2) is 6.04 Å². The average molecular weight is 315 g/mol. The van der Waals surface area contributed by atoms with Crippen molar-refractivity contribution in [3.63, 3.8) is 0 Å². The predicted molar refractivity (Wildman–Crippen MR) is 82.4 cm³/mol. The van der Waals surface area contributed by atoms with Gasteiger partial charge in [-0.1, -0.05) is 48.5 Å². The lowest BCUT2D eigenvalue weighted by Crippen LogP contribution is -2.44. The lowest BCUT2D eigenvalue weighted by Gasteiger charge is -2.26. The first kappa shape index (κ1) is 16.7. The van der Waals surface area contributed by atoms with Crippen LogP contribution in [0.5, 0.6) is 0 Å². The van der Waals surface area contributed by atoms with E-state index in [4.69, 9.17) is 4.84 Å². The molecule has 2 aromatic carbocycles. The normalized spacial score (nSPS) is 11.9. The van der Waals surface area contributed by atoms with E-state index in [-0.39, 0.29) is 6.54 Å². The first-order valence-electron chi connectivity index (χ1n) is 7.03. The van der Waals surface area contributed by atoms with E-state index in [2.05, 4.69) is 0 Å². The molecule has 0 bridgehead atoms. The topological polar surface area (TPSA) is 87.1 Å². The lowest BCUT2D eigenvalue weighted by molar-refractivity contribution is -0.180. The molecule has 0 fully saturated rings. The molecule has 0 spiro atoms. The van der Waals surface area contributed by atoms with E-state index >= 15 is 0 Å². The fraction of sp³-hybridized carbons (Fsp3) is 0.176. The molecular formula is C17H17NO5. The smallest absolute Gasteiger partial charge is 0.357 e. The lowest BCUT2D eigenvalue weighted by atomic mass is 10.2. The number of hydrogen-bond acceptors (Lipinski definition) is 5. The Balaban J connectivity index is 2.19. The van der Waals surface area contributed by atoms with Crippen molar-refractivity contribution in [2.75, 3.05) is 6.61 Å². The molecule has 0 saturated heterocycles. The molecule has 2 aromatic rings. The van der Waals surface area contributed by atoms with Crippen LogP contribution in [0.1, 0.15) is 15.9 Å². The summed E-state index contributed by atoms with van der Waals surface area (Å²) in [7, 11) is 0. The Morgan fingerprint density at radius 3 is 2.09 bits per heavy atom. The highest BCUT2D eigenvalue weighted by molar-refractivity contribution is 5.89. The van der Waals surface area contributed by atoms with E-state index in [9.17, 15) is 19.8 Å². The molecule has 0 aliphatic carbocycles. The third kappa shape index (κ3) is 4.64. The molecule has 1 atom stereocenters. The molecule has 0 aliphatic rings. The Labute approximate surface area is 133 Å². The summed E-state index contributed by atoms with van der Waals surface area (Å²) in [6.45, 7) is -0.624. The van der Waals surface area contributed by atoms with Crippen molar-refractivity contribution in [1.82, 2.24) is 5.06 Å². The summed E-state index contributed by atoms with van der Waals surface area (Å²) >= 11 is 0. The molecule has 23 heavy (non-hydrogen) atoms. The van der Waals surface area contributed by atoms with Gasteiger partial charge in [-0.05, 0) is 17.7 Å². The van der Waals surface area contributed by atoms with Crippen LogP contribution in [0.3, 0.4) is 0 Å². The van der Waals surface area contributed by atoms with Gasteiger partial charge >= 0.3 is 11.9 Å². The number of aliphatic carboxylic acids is 1. The number of benzene rings is 2. The van der Waals surface area contributed by atoms with E-state index in [1.807, 2.05) is 6.07 Å². The zero-order valence-electron chi connectivity index (χ0n) is 12.3. The van der Waals surface area contributed by atoms with Crippen molar-refractivity contribution in [1.29, 1.82) is 0 Å². The number of carbonyl (C=O) groups excluding carboxylic acids is 1. The third-order valence-corrected chi connectivity index (χ3v) is 3.20. The second-order valence-corrected chi connectivity index (χ2v) is 4.84. The molecule has 0 unspecified atom stereocenters. The first-order chi connectivity index (χ1) is 11.1. The highest BCUT2D eigenvalue weighted by Gasteiger charge is 2.29. The zero-order chi connectivity index (χ0) is 16.7. The Bertz CT molecular complexity index is 645. The van der Waals surface area contributed by atoms with Crippen LogP contribution in [0.4, 0.5) is 0 Å². The van der Waals surface area contributed by atoms with Crippen molar-refractivity contribution < 1.29 is 24.6 Å². The highest BCUT2D eigenvalue weighted by atomic mass is 16.7. The van der Waals surface area contributed by atoms with Crippen LogP contribution in [0.15, 0.2) is 60.7 Å². The summed E-state index contributed by atoms with van der Waals surface area (Å²) in [6.07, 6.45) is 0. The number of carbonyl (C=O) groups is 2. The fourth-order valence-corrected chi connectivity index (χ4v) is 2.00. The summed E-state index contributed by atoms with van der Waals surface area (Å²) in [5.41, 5.74) is 1.06. The van der Waals surface area contributed by atoms with Crippen LogP contribution in [-0.4, -0.2) is 39.9 Å². The maximum absolute atomic E-state index is 12.1. The molecule has 0 aliphatic heterocycles. The molecule has 0 saturated carbocycles. The maximum Gasteiger partial charge on any atom is 0.357 e. The Kier molecular flexibility index (Phi) is 5.85. The molecule has 2 rings (SSSR count). The van der Waals surface area contributed by atoms with E-state index in [1.165, 1.54) is 0 Å². The van der Waals surface area contributed by atoms with Crippen LogP contribution in [0, 0.1) is 0 Å². The number of hydrogen-bond donors (Lipinski definition) is 2. The molecule has 6 heteroatoms. The van der Waals surface area contributed by atoms with Gasteiger partial charge < -0.3 is 15.1 Å². The monoisotopic (exact) mass is 315 g/mol. The van der Waals surface area contributed by atoms with Crippen molar-refractivity contribution in [2.24, 2.45) is 0 Å². The predicted octanol–water partition coefficient (Wildman–Crippen LogP) is 1.71. The molecule has 0 heterocycles. The summed E-state index contributed by atoms with van der Waals surface area (Å²) in [5, 5.41) is 19.5. The van der Waals surface area contributed by atoms with Gasteiger partial charge in [0, 0.05) is 0 Å². The van der Waals surface area contributed by atoms with Gasteiger partial charge in [0.05, 0.1) is 18.7 Å². The summed E-state index contributed by atoms with van der Waals surface area (Å²) in [4.78, 5) is 28.6. The van der Waals surface area contributed by atoms with Crippen LogP contribution in [-0.2, 0) is 16.2 Å². The highest BCUT2D eigenvalue weighted by Crippen LogP contribution is 2.12. The van der Waals surface area contributed by atoms with Crippen molar-refractivity contribution in [3.8, 4) is 0 Å². The Hall–Kier alpha value is -2.70. The Morgan fingerprint density at radius 1 is 1.00 bits per heavy atom. The van der Waals surface area contributed by atoms with Gasteiger partial charge in [-0.25, -0.2) is 4.79 Å². The quantitative estimate of drug-likeness (QED) is 0.756. The first-order valence-corrected chi connectivity index (χ1v) is 7.03. The van der Waals surface area contributed by atoms with Crippen LogP contribution in [0.2, 0.25) is 0 Å². The van der Waals surface area contributed by atoms with Crippen LogP contribution < -0.4 is 0 Å². The number of carboxylic acid groups (broad SMARTS) is 1. The summed E-state index contributed by atoms with van der Waals surface area (Å²) in [5.74, 6) is -1.95. The minimum Gasteiger partial charge on any atom is -0.480 e. The minimum atomic E-state index is -1.34. The van der Waals surface area contributed by atoms with Crippen LogP contribution >= 0.6 is 0 Å². The number of hydroxylamine groups is 2. The molecule has 0 radical (unpaired) electrons. The van der Waals surface area contributed by atoms with Gasteiger partial charge in [0.2, 0.25) is 0 Å². The summed E-state index contributed by atoms with van der Waals surface area (Å²) < 4.78 is 0. The average Bonchev–Trinajstić information content (AvgIpc) is 2.56. The number of carboxylic acids is 1. The van der Waals surface area contributed by atoms with E-state index < -0.39 is 24.6 Å². The van der Waals surface area contributed by atoms with Gasteiger partial charge in [-0.2, -0.15) is 0 Å². The molecule has 120 valence electrons. The number of aliphatic hydroxyl groups excluding tert-OH is 1. The van der Waals surface area contributed by atoms with Gasteiger partial charge in [-0.15, -0.1) is 5.06 Å². The largest absolute Gasteiger partial charge is 0.480 e. The Morgan fingerprint density at radius 2 is 1.57 bits per heavy atom. The number of rotatable bonds is 7. The molecule has 2 N–H and O–H groups in total. The number of aliphatic hydroxyl groups is 1. The van der Waals surface area contributed by atoms with Crippen LogP contribution in [0.25, 0.3) is 0 Å². The molecular weight excluding hydrogens is 298 g/mol.